The zero-order chi connectivity index (χ0) is 23.1. The summed E-state index contributed by atoms with van der Waals surface area (Å²) in [7, 11) is 0. The topological polar surface area (TPSA) is 90.9 Å². The van der Waals surface area contributed by atoms with Crippen LogP contribution in [0.5, 0.6) is 5.75 Å². The molecular weight excluding hydrogens is 430 g/mol. The van der Waals surface area contributed by atoms with Gasteiger partial charge in [0.05, 0.1) is 12.2 Å². The van der Waals surface area contributed by atoms with E-state index < -0.39 is 24.5 Å². The van der Waals surface area contributed by atoms with Gasteiger partial charge in [0.2, 0.25) is 0 Å². The number of carbonyl (C=O) groups is 3. The molecule has 0 saturated heterocycles. The number of benzene rings is 2. The predicted octanol–water partition coefficient (Wildman–Crippen LogP) is 4.51. The van der Waals surface area contributed by atoms with Crippen LogP contribution in [-0.4, -0.2) is 37.7 Å². The molecule has 1 N–H and O–H groups in total. The van der Waals surface area contributed by atoms with E-state index in [1.807, 2.05) is 50.2 Å². The number of ether oxygens (including phenoxy) is 3. The molecule has 32 heavy (non-hydrogen) atoms. The Bertz CT molecular complexity index is 1130. The maximum atomic E-state index is 12.4. The van der Waals surface area contributed by atoms with Gasteiger partial charge in [-0.2, -0.15) is 0 Å². The van der Waals surface area contributed by atoms with E-state index in [-0.39, 0.29) is 13.2 Å². The normalized spacial score (nSPS) is 10.6. The van der Waals surface area contributed by atoms with E-state index in [0.717, 1.165) is 21.2 Å². The Morgan fingerprint density at radius 3 is 2.47 bits per heavy atom. The van der Waals surface area contributed by atoms with Gasteiger partial charge in [-0.05, 0) is 37.3 Å². The number of fused-ring (bicyclic) bond motifs is 1. The van der Waals surface area contributed by atoms with E-state index in [1.54, 1.807) is 13.0 Å². The van der Waals surface area contributed by atoms with Crippen LogP contribution in [0.2, 0.25) is 0 Å². The second-order valence-electron chi connectivity index (χ2n) is 6.89. The summed E-state index contributed by atoms with van der Waals surface area (Å²) in [5.74, 6) is -1.14. The molecule has 168 valence electrons. The number of rotatable bonds is 9. The smallest absolute Gasteiger partial charge is 0.344 e. The first-order chi connectivity index (χ1) is 15.4. The molecule has 0 atom stereocenters. The summed E-state index contributed by atoms with van der Waals surface area (Å²) < 4.78 is 15.7. The fourth-order valence-electron chi connectivity index (χ4n) is 3.32. The highest BCUT2D eigenvalue weighted by molar-refractivity contribution is 7.16. The third kappa shape index (κ3) is 5.45. The molecule has 0 aliphatic carbocycles. The summed E-state index contributed by atoms with van der Waals surface area (Å²) in [4.78, 5) is 37.7. The molecule has 2 aromatic carbocycles. The first kappa shape index (κ1) is 23.3. The van der Waals surface area contributed by atoms with Gasteiger partial charge in [-0.15, -0.1) is 11.3 Å². The molecule has 0 saturated carbocycles. The Labute approximate surface area is 190 Å². The summed E-state index contributed by atoms with van der Waals surface area (Å²) in [5.41, 5.74) is 1.19. The number of aryl methyl sites for hydroxylation is 1. The summed E-state index contributed by atoms with van der Waals surface area (Å²) in [5, 5.41) is 4.93. The molecule has 0 bridgehead atoms. The molecule has 0 fully saturated rings. The molecule has 7 nitrogen and oxygen atoms in total. The molecule has 0 unspecified atom stereocenters. The SMILES string of the molecule is CCOC(=O)c1c(NC(=O)COC(=O)COc2cccc3ccccc23)sc(C)c1CC. The standard InChI is InChI=1S/C24H25NO6S/c1-4-17-15(3)32-23(22(17)24(28)29-5-2)25-20(26)13-31-21(27)14-30-19-12-8-10-16-9-6-7-11-18(16)19/h6-12H,4-5,13-14H2,1-3H3,(H,25,26). The molecule has 1 aromatic heterocycles. The third-order valence-corrected chi connectivity index (χ3v) is 5.82. The fourth-order valence-corrected chi connectivity index (χ4v) is 4.47. The van der Waals surface area contributed by atoms with Crippen LogP contribution >= 0.6 is 11.3 Å². The lowest BCUT2D eigenvalue weighted by atomic mass is 10.1. The lowest BCUT2D eigenvalue weighted by molar-refractivity contribution is -0.149. The number of thiophene rings is 1. The van der Waals surface area contributed by atoms with Crippen LogP contribution in [0, 0.1) is 6.92 Å². The van der Waals surface area contributed by atoms with Crippen LogP contribution in [-0.2, 0) is 25.5 Å². The lowest BCUT2D eigenvalue weighted by Crippen LogP contribution is -2.24. The highest BCUT2D eigenvalue weighted by Crippen LogP contribution is 2.34. The molecule has 1 amide bonds. The number of hydrogen-bond acceptors (Lipinski definition) is 7. The molecule has 0 radical (unpaired) electrons. The van der Waals surface area contributed by atoms with Crippen molar-refractivity contribution in [2.24, 2.45) is 0 Å². The minimum Gasteiger partial charge on any atom is -0.481 e. The minimum absolute atomic E-state index is 0.235. The van der Waals surface area contributed by atoms with Gasteiger partial charge >= 0.3 is 11.9 Å². The average Bonchev–Trinajstić information content (AvgIpc) is 3.10. The van der Waals surface area contributed by atoms with Gasteiger partial charge in [0.1, 0.15) is 10.8 Å². The molecule has 0 aliphatic rings. The number of hydrogen-bond donors (Lipinski definition) is 1. The maximum Gasteiger partial charge on any atom is 0.344 e. The van der Waals surface area contributed by atoms with Gasteiger partial charge in [-0.3, -0.25) is 4.79 Å². The zero-order valence-electron chi connectivity index (χ0n) is 18.2. The van der Waals surface area contributed by atoms with Crippen molar-refractivity contribution in [3.05, 3.63) is 58.5 Å². The second-order valence-corrected chi connectivity index (χ2v) is 8.11. The molecule has 1 heterocycles. The van der Waals surface area contributed by atoms with Crippen molar-refractivity contribution < 1.29 is 28.6 Å². The largest absolute Gasteiger partial charge is 0.481 e. The van der Waals surface area contributed by atoms with Gasteiger partial charge < -0.3 is 19.5 Å². The summed E-state index contributed by atoms with van der Waals surface area (Å²) >= 11 is 1.29. The average molecular weight is 456 g/mol. The van der Waals surface area contributed by atoms with E-state index in [1.165, 1.54) is 11.3 Å². The molecule has 3 aromatic rings. The van der Waals surface area contributed by atoms with Crippen LogP contribution in [0.1, 0.15) is 34.6 Å². The van der Waals surface area contributed by atoms with E-state index in [0.29, 0.717) is 22.7 Å². The highest BCUT2D eigenvalue weighted by Gasteiger charge is 2.23. The highest BCUT2D eigenvalue weighted by atomic mass is 32.1. The molecule has 0 aliphatic heterocycles. The van der Waals surface area contributed by atoms with Gasteiger partial charge in [0.25, 0.3) is 5.91 Å². The van der Waals surface area contributed by atoms with Crippen LogP contribution in [0.15, 0.2) is 42.5 Å². The van der Waals surface area contributed by atoms with E-state index >= 15 is 0 Å². The predicted molar refractivity (Wildman–Crippen MR) is 123 cm³/mol. The van der Waals surface area contributed by atoms with E-state index in [9.17, 15) is 14.4 Å². The Morgan fingerprint density at radius 1 is 0.969 bits per heavy atom. The van der Waals surface area contributed by atoms with Crippen LogP contribution in [0.4, 0.5) is 5.00 Å². The van der Waals surface area contributed by atoms with E-state index in [4.69, 9.17) is 14.2 Å². The van der Waals surface area contributed by atoms with Crippen LogP contribution in [0.25, 0.3) is 10.8 Å². The Kier molecular flexibility index (Phi) is 7.83. The van der Waals surface area contributed by atoms with Crippen molar-refractivity contribution in [3.8, 4) is 5.75 Å². The Morgan fingerprint density at radius 2 is 1.72 bits per heavy atom. The van der Waals surface area contributed by atoms with Crippen molar-refractivity contribution in [2.45, 2.75) is 27.2 Å². The van der Waals surface area contributed by atoms with Crippen molar-refractivity contribution in [1.29, 1.82) is 0 Å². The number of amides is 1. The Hall–Kier alpha value is -3.39. The summed E-state index contributed by atoms with van der Waals surface area (Å²) in [6.07, 6.45) is 0.632. The van der Waals surface area contributed by atoms with Gasteiger partial charge in [-0.25, -0.2) is 9.59 Å². The molecule has 0 spiro atoms. The van der Waals surface area contributed by atoms with Crippen LogP contribution in [0.3, 0.4) is 0 Å². The first-order valence-corrected chi connectivity index (χ1v) is 11.1. The lowest BCUT2D eigenvalue weighted by Gasteiger charge is -2.10. The van der Waals surface area contributed by atoms with Crippen molar-refractivity contribution in [1.82, 2.24) is 0 Å². The zero-order valence-corrected chi connectivity index (χ0v) is 19.0. The fraction of sp³-hybridized carbons (Fsp3) is 0.292. The minimum atomic E-state index is -0.671. The van der Waals surface area contributed by atoms with Gasteiger partial charge in [0, 0.05) is 10.3 Å². The summed E-state index contributed by atoms with van der Waals surface area (Å²) in [6.45, 7) is 4.96. The van der Waals surface area contributed by atoms with Crippen LogP contribution < -0.4 is 10.1 Å². The van der Waals surface area contributed by atoms with Crippen molar-refractivity contribution >= 4 is 45.0 Å². The van der Waals surface area contributed by atoms with Crippen molar-refractivity contribution in [2.75, 3.05) is 25.1 Å². The summed E-state index contributed by atoms with van der Waals surface area (Å²) in [6, 6.07) is 13.2. The maximum absolute atomic E-state index is 12.4. The van der Waals surface area contributed by atoms with Crippen molar-refractivity contribution in [3.63, 3.8) is 0 Å². The quantitative estimate of drug-likeness (QED) is 0.478. The molecule has 8 heteroatoms. The molecular formula is C24H25NO6S. The van der Waals surface area contributed by atoms with E-state index in [2.05, 4.69) is 5.32 Å². The number of anilines is 1. The third-order valence-electron chi connectivity index (χ3n) is 4.75. The number of esters is 2. The monoisotopic (exact) mass is 455 g/mol. The van der Waals surface area contributed by atoms with Gasteiger partial charge in [-0.1, -0.05) is 43.3 Å². The van der Waals surface area contributed by atoms with Gasteiger partial charge in [0.15, 0.2) is 13.2 Å². The number of nitrogens with one attached hydrogen (secondary N) is 1. The first-order valence-electron chi connectivity index (χ1n) is 10.3. The second kappa shape index (κ2) is 10.8. The Balaban J connectivity index is 1.57. The molecule has 3 rings (SSSR count). The number of carbonyl (C=O) groups excluding carboxylic acids is 3.